The van der Waals surface area contributed by atoms with Gasteiger partial charge in [0.25, 0.3) is 0 Å². The minimum atomic E-state index is -4.58. The van der Waals surface area contributed by atoms with E-state index in [1.165, 1.54) is 0 Å². The van der Waals surface area contributed by atoms with Crippen LogP contribution in [0.1, 0.15) is 12.6 Å². The van der Waals surface area contributed by atoms with Crippen LogP contribution in [0.25, 0.3) is 22.6 Å². The lowest BCUT2D eigenvalue weighted by Crippen LogP contribution is -2.08. The molecule has 0 fully saturated rings. The van der Waals surface area contributed by atoms with Gasteiger partial charge in [0.15, 0.2) is 11.0 Å². The molecular weight excluding hydrogens is 361 g/mol. The Kier molecular flexibility index (Phi) is 4.44. The predicted octanol–water partition coefficient (Wildman–Crippen LogP) is 4.81. The van der Waals surface area contributed by atoms with Crippen LogP contribution in [-0.4, -0.2) is 25.3 Å². The molecule has 0 saturated heterocycles. The number of aromatic nitrogens is 4. The standard InChI is InChI=1S/C15H12ClF3N4S/c1-3-24-9-5-4-6-20-11(9)14-21-8-7-10(15(17,18)19)22-13(16)12(8)23(14)2/h4-7H,3H2,1-2H3. The predicted molar refractivity (Wildman–Crippen MR) is 88.2 cm³/mol. The number of halogens is 4. The van der Waals surface area contributed by atoms with Crippen LogP contribution in [0.3, 0.4) is 0 Å². The second kappa shape index (κ2) is 6.25. The summed E-state index contributed by atoms with van der Waals surface area (Å²) in [5.74, 6) is 1.29. The summed E-state index contributed by atoms with van der Waals surface area (Å²) in [6, 6.07) is 4.61. The summed E-state index contributed by atoms with van der Waals surface area (Å²) in [7, 11) is 1.68. The van der Waals surface area contributed by atoms with Crippen molar-refractivity contribution in [1.82, 2.24) is 19.5 Å². The molecule has 0 bridgehead atoms. The Labute approximate surface area is 145 Å². The first-order valence-corrected chi connectivity index (χ1v) is 8.37. The molecule has 0 aromatic carbocycles. The molecule has 0 amide bonds. The molecule has 0 aliphatic heterocycles. The average Bonchev–Trinajstić information content (AvgIpc) is 2.85. The molecule has 3 aromatic rings. The Morgan fingerprint density at radius 1 is 1.29 bits per heavy atom. The van der Waals surface area contributed by atoms with Crippen molar-refractivity contribution in [2.75, 3.05) is 5.75 Å². The summed E-state index contributed by atoms with van der Waals surface area (Å²) in [6.45, 7) is 2.01. The van der Waals surface area contributed by atoms with E-state index in [2.05, 4.69) is 15.0 Å². The Morgan fingerprint density at radius 2 is 2.04 bits per heavy atom. The number of alkyl halides is 3. The van der Waals surface area contributed by atoms with Crippen molar-refractivity contribution in [3.63, 3.8) is 0 Å². The zero-order chi connectivity index (χ0) is 17.5. The number of nitrogens with zero attached hydrogens (tertiary/aromatic N) is 4. The molecule has 0 spiro atoms. The van der Waals surface area contributed by atoms with Gasteiger partial charge in [0.1, 0.15) is 16.9 Å². The molecule has 0 atom stereocenters. The van der Waals surface area contributed by atoms with Crippen molar-refractivity contribution in [3.05, 3.63) is 35.2 Å². The van der Waals surface area contributed by atoms with Crippen molar-refractivity contribution < 1.29 is 13.2 Å². The monoisotopic (exact) mass is 372 g/mol. The maximum absolute atomic E-state index is 12.9. The summed E-state index contributed by atoms with van der Waals surface area (Å²) < 4.78 is 40.4. The third kappa shape index (κ3) is 2.95. The number of imidazole rings is 1. The van der Waals surface area contributed by atoms with Crippen LogP contribution in [-0.2, 0) is 13.2 Å². The van der Waals surface area contributed by atoms with Crippen LogP contribution >= 0.6 is 23.4 Å². The molecule has 0 saturated carbocycles. The van der Waals surface area contributed by atoms with Crippen molar-refractivity contribution in [3.8, 4) is 11.5 Å². The third-order valence-electron chi connectivity index (χ3n) is 3.38. The number of hydrogen-bond acceptors (Lipinski definition) is 4. The Hall–Kier alpha value is -1.80. The molecule has 0 N–H and O–H groups in total. The number of rotatable bonds is 3. The van der Waals surface area contributed by atoms with Gasteiger partial charge in [-0.25, -0.2) is 9.97 Å². The number of aryl methyl sites for hydroxylation is 1. The fourth-order valence-corrected chi connectivity index (χ4v) is 3.45. The van der Waals surface area contributed by atoms with Crippen LogP contribution < -0.4 is 0 Å². The van der Waals surface area contributed by atoms with E-state index < -0.39 is 11.9 Å². The van der Waals surface area contributed by atoms with Crippen LogP contribution in [0.15, 0.2) is 29.3 Å². The minimum absolute atomic E-state index is 0.137. The van der Waals surface area contributed by atoms with Gasteiger partial charge in [0.2, 0.25) is 0 Å². The summed E-state index contributed by atoms with van der Waals surface area (Å²) in [6.07, 6.45) is -2.96. The van der Waals surface area contributed by atoms with Gasteiger partial charge in [-0.05, 0) is 24.0 Å². The van der Waals surface area contributed by atoms with E-state index in [0.29, 0.717) is 17.0 Å². The second-order valence-electron chi connectivity index (χ2n) is 4.94. The lowest BCUT2D eigenvalue weighted by molar-refractivity contribution is -0.141. The lowest BCUT2D eigenvalue weighted by atomic mass is 10.3. The molecule has 126 valence electrons. The molecule has 0 unspecified atom stereocenters. The molecule has 24 heavy (non-hydrogen) atoms. The van der Waals surface area contributed by atoms with Gasteiger partial charge in [-0.15, -0.1) is 11.8 Å². The SMILES string of the molecule is CCSc1cccnc1-c1nc2cc(C(F)(F)F)nc(Cl)c2n1C. The molecule has 3 heterocycles. The summed E-state index contributed by atoms with van der Waals surface area (Å²) in [5.41, 5.74) is 0.0252. The average molecular weight is 373 g/mol. The van der Waals surface area contributed by atoms with Crippen molar-refractivity contribution >= 4 is 34.4 Å². The normalized spacial score (nSPS) is 12.1. The van der Waals surface area contributed by atoms with Crippen molar-refractivity contribution in [1.29, 1.82) is 0 Å². The maximum atomic E-state index is 12.9. The van der Waals surface area contributed by atoms with Gasteiger partial charge in [-0.3, -0.25) is 4.98 Å². The zero-order valence-corrected chi connectivity index (χ0v) is 14.3. The molecule has 4 nitrogen and oxygen atoms in total. The Morgan fingerprint density at radius 3 is 2.71 bits per heavy atom. The van der Waals surface area contributed by atoms with Gasteiger partial charge < -0.3 is 4.57 Å². The number of thioether (sulfide) groups is 1. The van der Waals surface area contributed by atoms with Gasteiger partial charge in [-0.1, -0.05) is 18.5 Å². The highest BCUT2D eigenvalue weighted by Crippen LogP contribution is 2.35. The summed E-state index contributed by atoms with van der Waals surface area (Å²) in [4.78, 5) is 13.0. The quantitative estimate of drug-likeness (QED) is 0.488. The molecule has 0 aliphatic rings. The van der Waals surface area contributed by atoms with E-state index in [4.69, 9.17) is 11.6 Å². The van der Waals surface area contributed by atoms with E-state index in [9.17, 15) is 13.2 Å². The molecule has 0 radical (unpaired) electrons. The van der Waals surface area contributed by atoms with E-state index in [0.717, 1.165) is 16.7 Å². The fraction of sp³-hybridized carbons (Fsp3) is 0.267. The molecule has 9 heteroatoms. The van der Waals surface area contributed by atoms with E-state index in [1.807, 2.05) is 13.0 Å². The number of pyridine rings is 2. The smallest absolute Gasteiger partial charge is 0.323 e. The van der Waals surface area contributed by atoms with E-state index in [-0.39, 0.29) is 10.7 Å². The van der Waals surface area contributed by atoms with E-state index in [1.54, 1.807) is 35.6 Å². The Bertz CT molecular complexity index is 908. The Balaban J connectivity index is 2.25. The highest BCUT2D eigenvalue weighted by Gasteiger charge is 2.34. The number of hydrogen-bond donors (Lipinski definition) is 0. The van der Waals surface area contributed by atoms with Crippen LogP contribution in [0, 0.1) is 0 Å². The summed E-state index contributed by atoms with van der Waals surface area (Å²) >= 11 is 7.56. The van der Waals surface area contributed by atoms with Gasteiger partial charge in [0, 0.05) is 18.1 Å². The molecule has 3 aromatic heterocycles. The van der Waals surface area contributed by atoms with Gasteiger partial charge in [-0.2, -0.15) is 13.2 Å². The highest BCUT2D eigenvalue weighted by atomic mass is 35.5. The highest BCUT2D eigenvalue weighted by molar-refractivity contribution is 7.99. The summed E-state index contributed by atoms with van der Waals surface area (Å²) in [5, 5.41) is -0.235. The molecular formula is C15H12ClF3N4S. The van der Waals surface area contributed by atoms with Crippen LogP contribution in [0.5, 0.6) is 0 Å². The zero-order valence-electron chi connectivity index (χ0n) is 12.7. The van der Waals surface area contributed by atoms with Gasteiger partial charge >= 0.3 is 6.18 Å². The fourth-order valence-electron chi connectivity index (χ4n) is 2.37. The van der Waals surface area contributed by atoms with Crippen LogP contribution in [0.2, 0.25) is 5.15 Å². The van der Waals surface area contributed by atoms with E-state index >= 15 is 0 Å². The topological polar surface area (TPSA) is 43.6 Å². The number of fused-ring (bicyclic) bond motifs is 1. The van der Waals surface area contributed by atoms with Crippen molar-refractivity contribution in [2.45, 2.75) is 18.0 Å². The first kappa shape index (κ1) is 17.0. The third-order valence-corrected chi connectivity index (χ3v) is 4.57. The molecule has 0 aliphatic carbocycles. The van der Waals surface area contributed by atoms with Crippen LogP contribution in [0.4, 0.5) is 13.2 Å². The van der Waals surface area contributed by atoms with Crippen molar-refractivity contribution in [2.24, 2.45) is 7.05 Å². The minimum Gasteiger partial charge on any atom is -0.323 e. The maximum Gasteiger partial charge on any atom is 0.433 e. The lowest BCUT2D eigenvalue weighted by Gasteiger charge is -2.08. The molecule has 3 rings (SSSR count). The first-order valence-electron chi connectivity index (χ1n) is 7.01. The first-order chi connectivity index (χ1) is 11.3. The second-order valence-corrected chi connectivity index (χ2v) is 6.61. The van der Waals surface area contributed by atoms with Gasteiger partial charge in [0.05, 0.1) is 5.52 Å². The largest absolute Gasteiger partial charge is 0.433 e.